The fourth-order valence-electron chi connectivity index (χ4n) is 2.84. The van der Waals surface area contributed by atoms with E-state index in [2.05, 4.69) is 0 Å². The zero-order chi connectivity index (χ0) is 20.6. The summed E-state index contributed by atoms with van der Waals surface area (Å²) in [6, 6.07) is 21.9. The number of halogens is 2. The summed E-state index contributed by atoms with van der Waals surface area (Å²) in [6.45, 7) is 0.814. The normalized spacial score (nSPS) is 10.1. The highest BCUT2D eigenvalue weighted by atomic mass is 35.5. The van der Waals surface area contributed by atoms with Crippen molar-refractivity contribution in [2.75, 3.05) is 6.54 Å². The van der Waals surface area contributed by atoms with Crippen molar-refractivity contribution in [1.29, 1.82) is 5.41 Å². The maximum Gasteiger partial charge on any atom is 0.196 e. The van der Waals surface area contributed by atoms with Crippen LogP contribution in [-0.4, -0.2) is 18.2 Å². The fraction of sp³-hybridized carbons (Fsp3) is 0.0833. The predicted octanol–water partition coefficient (Wildman–Crippen LogP) is 4.60. The highest BCUT2D eigenvalue weighted by Crippen LogP contribution is 2.24. The highest BCUT2D eigenvalue weighted by molar-refractivity contribution is 6.12. The van der Waals surface area contributed by atoms with E-state index < -0.39 is 0 Å². The first kappa shape index (κ1) is 25.9. The maximum atomic E-state index is 13.0. The van der Waals surface area contributed by atoms with Crippen molar-refractivity contribution in [3.05, 3.63) is 107 Å². The summed E-state index contributed by atoms with van der Waals surface area (Å²) >= 11 is 0. The van der Waals surface area contributed by atoms with E-state index in [9.17, 15) is 4.79 Å². The highest BCUT2D eigenvalue weighted by Gasteiger charge is 2.16. The van der Waals surface area contributed by atoms with Crippen molar-refractivity contribution in [2.24, 2.45) is 11.5 Å². The van der Waals surface area contributed by atoms with Crippen molar-refractivity contribution in [3.8, 4) is 5.75 Å². The van der Waals surface area contributed by atoms with E-state index in [-0.39, 0.29) is 36.4 Å². The number of benzene rings is 3. The average Bonchev–Trinajstić information content (AvgIpc) is 2.77. The van der Waals surface area contributed by atoms with Gasteiger partial charge in [0.1, 0.15) is 18.2 Å². The first-order valence-corrected chi connectivity index (χ1v) is 9.25. The van der Waals surface area contributed by atoms with E-state index in [0.29, 0.717) is 35.6 Å². The molecule has 5 N–H and O–H groups in total. The Kier molecular flexibility index (Phi) is 10.5. The lowest BCUT2D eigenvalue weighted by Crippen LogP contribution is -2.13. The van der Waals surface area contributed by atoms with Gasteiger partial charge in [0.05, 0.1) is 5.56 Å². The second-order valence-corrected chi connectivity index (χ2v) is 6.49. The minimum Gasteiger partial charge on any atom is -0.488 e. The standard InChI is InChI=1S/C24H23N3O2.2ClH/c25-14-4-5-17-8-10-18(11-9-17)16-29-22-13-12-20(24(26)27)15-21(22)23(28)19-6-2-1-3-7-19;;/h1-13,15H,14,16,25H2,(H3,26,27);2*1H. The van der Waals surface area contributed by atoms with E-state index in [1.807, 2.05) is 54.6 Å². The van der Waals surface area contributed by atoms with E-state index in [1.54, 1.807) is 30.3 Å². The summed E-state index contributed by atoms with van der Waals surface area (Å²) in [6.07, 6.45) is 3.85. The summed E-state index contributed by atoms with van der Waals surface area (Å²) < 4.78 is 5.95. The molecule has 0 amide bonds. The van der Waals surface area contributed by atoms with Crippen molar-refractivity contribution in [3.63, 3.8) is 0 Å². The van der Waals surface area contributed by atoms with Crippen LogP contribution in [0.2, 0.25) is 0 Å². The molecule has 0 saturated heterocycles. The molecule has 0 fully saturated rings. The average molecular weight is 458 g/mol. The number of ketones is 1. The molecule has 162 valence electrons. The molecule has 0 heterocycles. The first-order chi connectivity index (χ1) is 14.1. The number of carbonyl (C=O) groups is 1. The fourth-order valence-corrected chi connectivity index (χ4v) is 2.84. The molecule has 0 unspecified atom stereocenters. The second kappa shape index (κ2) is 12.5. The number of nitrogen functional groups attached to an aromatic ring is 1. The Morgan fingerprint density at radius 1 is 0.935 bits per heavy atom. The minimum atomic E-state index is -0.175. The van der Waals surface area contributed by atoms with Crippen molar-refractivity contribution < 1.29 is 9.53 Å². The van der Waals surface area contributed by atoms with E-state index >= 15 is 0 Å². The van der Waals surface area contributed by atoms with Crippen LogP contribution in [0.3, 0.4) is 0 Å². The molecule has 3 aromatic carbocycles. The third-order valence-corrected chi connectivity index (χ3v) is 4.39. The van der Waals surface area contributed by atoms with Gasteiger partial charge in [-0.15, -0.1) is 24.8 Å². The Balaban J connectivity index is 0.00000240. The number of carbonyl (C=O) groups excluding carboxylic acids is 1. The Labute approximate surface area is 194 Å². The molecule has 5 nitrogen and oxygen atoms in total. The van der Waals surface area contributed by atoms with Crippen molar-refractivity contribution in [1.82, 2.24) is 0 Å². The molecule has 0 saturated carbocycles. The minimum absolute atomic E-state index is 0. The molecule has 3 rings (SSSR count). The molecule has 3 aromatic rings. The lowest BCUT2D eigenvalue weighted by molar-refractivity contribution is 0.103. The molecule has 0 aromatic heterocycles. The SMILES string of the molecule is Cl.Cl.N=C(N)c1ccc(OCc2ccc(C=CCN)cc2)c(C(=O)c2ccccc2)c1. The number of hydrogen-bond donors (Lipinski definition) is 3. The van der Waals surface area contributed by atoms with Crippen LogP contribution in [-0.2, 0) is 6.61 Å². The van der Waals surface area contributed by atoms with Gasteiger partial charge in [-0.3, -0.25) is 10.2 Å². The Morgan fingerprint density at radius 3 is 2.23 bits per heavy atom. The van der Waals surface area contributed by atoms with Crippen LogP contribution in [0.25, 0.3) is 6.08 Å². The van der Waals surface area contributed by atoms with E-state index in [0.717, 1.165) is 11.1 Å². The molecule has 7 heteroatoms. The largest absolute Gasteiger partial charge is 0.488 e. The van der Waals surface area contributed by atoms with Gasteiger partial charge in [-0.2, -0.15) is 0 Å². The van der Waals surface area contributed by atoms with Crippen LogP contribution < -0.4 is 16.2 Å². The van der Waals surface area contributed by atoms with Gasteiger partial charge in [-0.1, -0.05) is 66.7 Å². The topological polar surface area (TPSA) is 102 Å². The first-order valence-electron chi connectivity index (χ1n) is 9.25. The molecule has 31 heavy (non-hydrogen) atoms. The summed E-state index contributed by atoms with van der Waals surface area (Å²) in [5.74, 6) is 0.182. The molecule has 0 spiro atoms. The van der Waals surface area contributed by atoms with E-state index in [1.165, 1.54) is 0 Å². The quantitative estimate of drug-likeness (QED) is 0.261. The third kappa shape index (κ3) is 6.96. The maximum absolute atomic E-state index is 13.0. The predicted molar refractivity (Wildman–Crippen MR) is 131 cm³/mol. The Morgan fingerprint density at radius 2 is 1.61 bits per heavy atom. The summed E-state index contributed by atoms with van der Waals surface area (Å²) in [5, 5.41) is 7.67. The molecule has 0 atom stereocenters. The third-order valence-electron chi connectivity index (χ3n) is 4.39. The summed E-state index contributed by atoms with van der Waals surface area (Å²) in [5.41, 5.74) is 14.5. The zero-order valence-electron chi connectivity index (χ0n) is 16.8. The lowest BCUT2D eigenvalue weighted by Gasteiger charge is -2.13. The van der Waals surface area contributed by atoms with Gasteiger partial charge in [0.15, 0.2) is 5.78 Å². The van der Waals surface area contributed by atoms with Crippen molar-refractivity contribution >= 4 is 42.5 Å². The van der Waals surface area contributed by atoms with Gasteiger partial charge >= 0.3 is 0 Å². The molecule has 0 aliphatic rings. The smallest absolute Gasteiger partial charge is 0.196 e. The zero-order valence-corrected chi connectivity index (χ0v) is 18.4. The number of nitrogens with one attached hydrogen (secondary N) is 1. The molecular formula is C24H25Cl2N3O2. The van der Waals surface area contributed by atoms with Crippen LogP contribution in [0, 0.1) is 5.41 Å². The van der Waals surface area contributed by atoms with Gasteiger partial charge in [-0.25, -0.2) is 0 Å². The molecule has 0 radical (unpaired) electrons. The van der Waals surface area contributed by atoms with Gasteiger partial charge in [-0.05, 0) is 29.3 Å². The van der Waals surface area contributed by atoms with Crippen LogP contribution >= 0.6 is 24.8 Å². The molecular weight excluding hydrogens is 433 g/mol. The number of ether oxygens (including phenoxy) is 1. The van der Waals surface area contributed by atoms with E-state index in [4.69, 9.17) is 21.6 Å². The molecule has 0 aliphatic carbocycles. The van der Waals surface area contributed by atoms with Crippen molar-refractivity contribution in [2.45, 2.75) is 6.61 Å². The number of nitrogens with two attached hydrogens (primary N) is 2. The Hall–Kier alpha value is -3.12. The van der Waals surface area contributed by atoms with Gasteiger partial charge < -0.3 is 16.2 Å². The molecule has 0 bridgehead atoms. The lowest BCUT2D eigenvalue weighted by atomic mass is 10.00. The van der Waals surface area contributed by atoms with Gasteiger partial charge in [0.25, 0.3) is 0 Å². The van der Waals surface area contributed by atoms with Crippen LogP contribution in [0.15, 0.2) is 78.9 Å². The molecule has 0 aliphatic heterocycles. The summed E-state index contributed by atoms with van der Waals surface area (Å²) in [4.78, 5) is 13.0. The number of hydrogen-bond acceptors (Lipinski definition) is 4. The second-order valence-electron chi connectivity index (χ2n) is 6.49. The van der Waals surface area contributed by atoms with Crippen LogP contribution in [0.1, 0.15) is 32.6 Å². The Bertz CT molecular complexity index is 1040. The van der Waals surface area contributed by atoms with Crippen LogP contribution in [0.4, 0.5) is 0 Å². The monoisotopic (exact) mass is 457 g/mol. The summed E-state index contributed by atoms with van der Waals surface area (Å²) in [7, 11) is 0. The van der Waals surface area contributed by atoms with Gasteiger partial charge in [0, 0.05) is 17.7 Å². The number of rotatable bonds is 8. The van der Waals surface area contributed by atoms with Crippen LogP contribution in [0.5, 0.6) is 5.75 Å². The number of amidine groups is 1. The van der Waals surface area contributed by atoms with Gasteiger partial charge in [0.2, 0.25) is 0 Å².